The van der Waals surface area contributed by atoms with Gasteiger partial charge in [0.1, 0.15) is 0 Å². The van der Waals surface area contributed by atoms with Gasteiger partial charge >= 0.3 is 5.69 Å². The average molecular weight is 386 g/mol. The predicted molar refractivity (Wildman–Crippen MR) is 107 cm³/mol. The number of hydrogen-bond acceptors (Lipinski definition) is 4. The topological polar surface area (TPSA) is 65.1 Å². The first kappa shape index (κ1) is 17.6. The Morgan fingerprint density at radius 2 is 2.07 bits per heavy atom. The Morgan fingerprint density at radius 1 is 1.30 bits per heavy atom. The number of nitrogens with zero attached hydrogens (tertiary/aromatic N) is 5. The lowest BCUT2D eigenvalue weighted by Gasteiger charge is -2.29. The van der Waals surface area contributed by atoms with Crippen LogP contribution < -0.4 is 16.1 Å². The molecule has 1 aliphatic rings. The summed E-state index contributed by atoms with van der Waals surface area (Å²) in [6.45, 7) is 7.19. The number of halogens is 1. The first-order chi connectivity index (χ1) is 12.9. The van der Waals surface area contributed by atoms with Gasteiger partial charge in [0.25, 0.3) is 5.56 Å². The first-order valence-electron chi connectivity index (χ1n) is 8.78. The van der Waals surface area contributed by atoms with E-state index in [9.17, 15) is 9.59 Å². The van der Waals surface area contributed by atoms with Crippen LogP contribution in [-0.2, 0) is 20.1 Å². The number of allylic oxidation sites excluding steroid dienone is 1. The highest BCUT2D eigenvalue weighted by atomic mass is 35.5. The minimum Gasteiger partial charge on any atom is -0.312 e. The van der Waals surface area contributed by atoms with E-state index in [4.69, 9.17) is 11.6 Å². The summed E-state index contributed by atoms with van der Waals surface area (Å²) in [5.74, 6) is 0.652. The Morgan fingerprint density at radius 3 is 2.78 bits per heavy atom. The molecule has 0 fully saturated rings. The molecular weight excluding hydrogens is 366 g/mol. The highest BCUT2D eigenvalue weighted by molar-refractivity contribution is 6.31. The molecule has 0 saturated carbocycles. The van der Waals surface area contributed by atoms with Crippen molar-refractivity contribution in [1.82, 2.24) is 18.7 Å². The Balaban J connectivity index is 1.99. The lowest BCUT2D eigenvalue weighted by atomic mass is 10.2. The highest BCUT2D eigenvalue weighted by Crippen LogP contribution is 2.33. The molecule has 3 heterocycles. The SMILES string of the molecule is C=CCn1c(=O)c2c(nc3n2CCCN3c2ccc(C)c(Cl)c2)n(C)c1=O. The fraction of sp³-hybridized carbons (Fsp3) is 0.316. The van der Waals surface area contributed by atoms with Gasteiger partial charge in [-0.3, -0.25) is 13.9 Å². The van der Waals surface area contributed by atoms with Crippen LogP contribution >= 0.6 is 11.6 Å². The molecule has 3 aromatic rings. The van der Waals surface area contributed by atoms with Gasteiger partial charge in [-0.2, -0.15) is 4.98 Å². The summed E-state index contributed by atoms with van der Waals surface area (Å²) in [7, 11) is 1.63. The van der Waals surface area contributed by atoms with Gasteiger partial charge in [-0.15, -0.1) is 6.58 Å². The fourth-order valence-corrected chi connectivity index (χ4v) is 3.72. The molecular formula is C19H20ClN5O2. The molecule has 0 bridgehead atoms. The zero-order chi connectivity index (χ0) is 19.3. The maximum Gasteiger partial charge on any atom is 0.332 e. The van der Waals surface area contributed by atoms with Gasteiger partial charge in [-0.25, -0.2) is 4.79 Å². The molecule has 0 atom stereocenters. The van der Waals surface area contributed by atoms with E-state index in [1.54, 1.807) is 13.1 Å². The average Bonchev–Trinajstić information content (AvgIpc) is 3.05. The van der Waals surface area contributed by atoms with Crippen molar-refractivity contribution in [3.8, 4) is 0 Å². The Labute approximate surface area is 160 Å². The summed E-state index contributed by atoms with van der Waals surface area (Å²) in [5.41, 5.74) is 2.02. The quantitative estimate of drug-likeness (QED) is 0.650. The number of aromatic nitrogens is 4. The van der Waals surface area contributed by atoms with E-state index in [1.165, 1.54) is 9.13 Å². The minimum atomic E-state index is -0.396. The van der Waals surface area contributed by atoms with E-state index in [1.807, 2.05) is 34.6 Å². The summed E-state index contributed by atoms with van der Waals surface area (Å²) >= 11 is 6.30. The normalized spacial score (nSPS) is 13.8. The third-order valence-electron chi connectivity index (χ3n) is 5.00. The Kier molecular flexibility index (Phi) is 4.19. The van der Waals surface area contributed by atoms with Gasteiger partial charge < -0.3 is 9.47 Å². The summed E-state index contributed by atoms with van der Waals surface area (Å²) < 4.78 is 4.51. The van der Waals surface area contributed by atoms with Crippen LogP contribution in [0.15, 0.2) is 40.4 Å². The molecule has 0 unspecified atom stereocenters. The Bertz CT molecular complexity index is 1190. The molecule has 0 aliphatic carbocycles. The van der Waals surface area contributed by atoms with Gasteiger partial charge in [0.15, 0.2) is 11.2 Å². The largest absolute Gasteiger partial charge is 0.332 e. The van der Waals surface area contributed by atoms with Crippen LogP contribution in [0, 0.1) is 6.92 Å². The third kappa shape index (κ3) is 2.61. The van der Waals surface area contributed by atoms with Crippen LogP contribution in [0.1, 0.15) is 12.0 Å². The van der Waals surface area contributed by atoms with Crippen molar-refractivity contribution in [2.75, 3.05) is 11.4 Å². The van der Waals surface area contributed by atoms with Crippen molar-refractivity contribution in [2.24, 2.45) is 7.05 Å². The second-order valence-corrected chi connectivity index (χ2v) is 7.13. The van der Waals surface area contributed by atoms with E-state index in [0.717, 1.165) is 24.2 Å². The molecule has 0 spiro atoms. The fourth-order valence-electron chi connectivity index (χ4n) is 3.55. The number of imidazole rings is 1. The number of hydrogen-bond donors (Lipinski definition) is 0. The molecule has 1 aromatic carbocycles. The number of fused-ring (bicyclic) bond motifs is 3. The van der Waals surface area contributed by atoms with Crippen molar-refractivity contribution in [3.63, 3.8) is 0 Å². The minimum absolute atomic E-state index is 0.166. The molecule has 0 N–H and O–H groups in total. The predicted octanol–water partition coefficient (Wildman–Crippen LogP) is 2.59. The molecule has 140 valence electrons. The second-order valence-electron chi connectivity index (χ2n) is 6.72. The van der Waals surface area contributed by atoms with Crippen LogP contribution in [0.3, 0.4) is 0 Å². The van der Waals surface area contributed by atoms with E-state index in [0.29, 0.717) is 28.7 Å². The zero-order valence-electron chi connectivity index (χ0n) is 15.3. The van der Waals surface area contributed by atoms with Crippen molar-refractivity contribution in [2.45, 2.75) is 26.4 Å². The lowest BCUT2D eigenvalue weighted by molar-refractivity contribution is 0.598. The first-order valence-corrected chi connectivity index (χ1v) is 9.16. The van der Waals surface area contributed by atoms with Crippen molar-refractivity contribution in [3.05, 3.63) is 62.3 Å². The van der Waals surface area contributed by atoms with Crippen LogP contribution in [-0.4, -0.2) is 25.2 Å². The molecule has 0 radical (unpaired) electrons. The summed E-state index contributed by atoms with van der Waals surface area (Å²) in [4.78, 5) is 32.2. The van der Waals surface area contributed by atoms with Crippen molar-refractivity contribution < 1.29 is 0 Å². The number of benzene rings is 1. The van der Waals surface area contributed by atoms with Crippen LogP contribution in [0.2, 0.25) is 5.02 Å². The molecule has 8 heteroatoms. The molecule has 0 amide bonds. The monoisotopic (exact) mass is 385 g/mol. The van der Waals surface area contributed by atoms with Gasteiger partial charge in [0, 0.05) is 37.4 Å². The molecule has 7 nitrogen and oxygen atoms in total. The summed E-state index contributed by atoms with van der Waals surface area (Å²) in [6.07, 6.45) is 2.40. The van der Waals surface area contributed by atoms with E-state index in [-0.39, 0.29) is 12.1 Å². The van der Waals surface area contributed by atoms with Gasteiger partial charge in [0.05, 0.1) is 0 Å². The van der Waals surface area contributed by atoms with Crippen LogP contribution in [0.5, 0.6) is 0 Å². The van der Waals surface area contributed by atoms with Crippen molar-refractivity contribution >= 4 is 34.4 Å². The van der Waals surface area contributed by atoms with Crippen LogP contribution in [0.25, 0.3) is 11.2 Å². The Hall–Kier alpha value is -2.80. The molecule has 1 aliphatic heterocycles. The van der Waals surface area contributed by atoms with Gasteiger partial charge in [-0.05, 0) is 31.0 Å². The molecule has 4 rings (SSSR count). The molecule has 0 saturated heterocycles. The van der Waals surface area contributed by atoms with Crippen LogP contribution in [0.4, 0.5) is 11.6 Å². The molecule has 27 heavy (non-hydrogen) atoms. The van der Waals surface area contributed by atoms with Gasteiger partial charge in [0.2, 0.25) is 5.95 Å². The highest BCUT2D eigenvalue weighted by Gasteiger charge is 2.27. The van der Waals surface area contributed by atoms with E-state index < -0.39 is 5.69 Å². The number of rotatable bonds is 3. The summed E-state index contributed by atoms with van der Waals surface area (Å²) in [5, 5.41) is 0.682. The summed E-state index contributed by atoms with van der Waals surface area (Å²) in [6, 6.07) is 5.86. The smallest absolute Gasteiger partial charge is 0.312 e. The van der Waals surface area contributed by atoms with Gasteiger partial charge in [-0.1, -0.05) is 23.7 Å². The standard InChI is InChI=1S/C19H20ClN5O2/c1-4-8-25-17(26)15-16(22(3)19(25)27)21-18-23(9-5-10-24(15)18)13-7-6-12(2)14(20)11-13/h4,6-7,11H,1,5,8-10H2,2-3H3. The maximum absolute atomic E-state index is 13.0. The second kappa shape index (κ2) is 6.42. The van der Waals surface area contributed by atoms with Crippen molar-refractivity contribution in [1.29, 1.82) is 0 Å². The number of anilines is 2. The maximum atomic E-state index is 13.0. The lowest BCUT2D eigenvalue weighted by Crippen LogP contribution is -2.39. The van der Waals surface area contributed by atoms with E-state index in [2.05, 4.69) is 11.6 Å². The molecule has 2 aromatic heterocycles. The number of aryl methyl sites for hydroxylation is 3. The zero-order valence-corrected chi connectivity index (χ0v) is 16.0. The van der Waals surface area contributed by atoms with E-state index >= 15 is 0 Å². The third-order valence-corrected chi connectivity index (χ3v) is 5.40.